The molecule has 2 unspecified atom stereocenters. The van der Waals surface area contributed by atoms with E-state index in [0.29, 0.717) is 18.6 Å². The molecule has 200 valence electrons. The largest absolute Gasteiger partial charge is 0.378 e. The molecule has 1 fully saturated rings. The highest BCUT2D eigenvalue weighted by Gasteiger charge is 2.26. The van der Waals surface area contributed by atoms with Gasteiger partial charge in [0.15, 0.2) is 5.03 Å². The number of aryl methyl sites for hydroxylation is 2. The third-order valence-corrected chi connectivity index (χ3v) is 7.15. The molecule has 1 aromatic carbocycles. The van der Waals surface area contributed by atoms with E-state index in [4.69, 9.17) is 4.74 Å². The number of hydrogen-bond acceptors (Lipinski definition) is 4. The zero-order valence-corrected chi connectivity index (χ0v) is 22.8. The monoisotopic (exact) mass is 497 g/mol. The molecule has 2 atom stereocenters. The number of nitrogens with zero attached hydrogens (tertiary/aromatic N) is 2. The fourth-order valence-electron chi connectivity index (χ4n) is 4.87. The van der Waals surface area contributed by atoms with Crippen molar-refractivity contribution >= 4 is 0 Å². The Labute approximate surface area is 218 Å². The van der Waals surface area contributed by atoms with Gasteiger partial charge in [-0.2, -0.15) is 0 Å². The third kappa shape index (κ3) is 11.5. The van der Waals surface area contributed by atoms with Crippen LogP contribution in [-0.4, -0.2) is 28.8 Å². The first-order valence-electron chi connectivity index (χ1n) is 13.9. The second-order valence-electron chi connectivity index (χ2n) is 10.2. The number of hydrazine groups is 1. The molecular formula is C30H47N3O3. The van der Waals surface area contributed by atoms with Crippen molar-refractivity contribution in [1.82, 2.24) is 10.4 Å². The second-order valence-corrected chi connectivity index (χ2v) is 10.2. The van der Waals surface area contributed by atoms with Gasteiger partial charge in [-0.1, -0.05) is 70.4 Å². The Kier molecular flexibility index (Phi) is 14.1. The van der Waals surface area contributed by atoms with Gasteiger partial charge >= 0.3 is 0 Å². The second kappa shape index (κ2) is 17.1. The predicted octanol–water partition coefficient (Wildman–Crippen LogP) is 7.44. The standard InChI is InChI=1S/C20H32N2O3.C10H15N/c1-3-4-10-20(21-22(23)24)16(2)15-25-19-13-11-18(12-14-19)17-8-6-5-7-9-17;1-3-4-5-10-6-7-11-9(2)8-10/h5-9,16,18-21H,3-4,10-15H2,1-2H3;6-8H,3-5H2,1-2H3. The lowest BCUT2D eigenvalue weighted by Crippen LogP contribution is -2.41. The van der Waals surface area contributed by atoms with Crippen molar-refractivity contribution in [3.8, 4) is 0 Å². The van der Waals surface area contributed by atoms with E-state index < -0.39 is 5.03 Å². The number of rotatable bonds is 13. The van der Waals surface area contributed by atoms with E-state index in [1.54, 1.807) is 0 Å². The molecule has 1 aliphatic carbocycles. The summed E-state index contributed by atoms with van der Waals surface area (Å²) in [6.07, 6.45) is 13.3. The average Bonchev–Trinajstić information content (AvgIpc) is 2.89. The van der Waals surface area contributed by atoms with E-state index in [1.165, 1.54) is 30.4 Å². The van der Waals surface area contributed by atoms with Crippen molar-refractivity contribution in [2.45, 2.75) is 110 Å². The van der Waals surface area contributed by atoms with E-state index in [9.17, 15) is 10.1 Å². The lowest BCUT2D eigenvalue weighted by Gasteiger charge is -2.30. The number of nitrogens with one attached hydrogen (secondary N) is 1. The van der Waals surface area contributed by atoms with Crippen LogP contribution in [0, 0.1) is 23.0 Å². The molecule has 0 radical (unpaired) electrons. The van der Waals surface area contributed by atoms with Crippen LogP contribution in [0.4, 0.5) is 0 Å². The van der Waals surface area contributed by atoms with Crippen LogP contribution in [0.15, 0.2) is 48.7 Å². The summed E-state index contributed by atoms with van der Waals surface area (Å²) in [5, 5.41) is 10.4. The summed E-state index contributed by atoms with van der Waals surface area (Å²) in [4.78, 5) is 15.0. The van der Waals surface area contributed by atoms with Gasteiger partial charge in [0.1, 0.15) is 0 Å². The number of pyridine rings is 1. The number of benzene rings is 1. The quantitative estimate of drug-likeness (QED) is 0.230. The number of unbranched alkanes of at least 4 members (excludes halogenated alkanes) is 2. The molecule has 1 saturated carbocycles. The highest BCUT2D eigenvalue weighted by atomic mass is 16.7. The highest BCUT2D eigenvalue weighted by Crippen LogP contribution is 2.34. The Hall–Kier alpha value is -2.47. The molecule has 0 aliphatic heterocycles. The molecule has 1 N–H and O–H groups in total. The van der Waals surface area contributed by atoms with Gasteiger partial charge in [0, 0.05) is 17.8 Å². The number of ether oxygens (including phenoxy) is 1. The first kappa shape index (κ1) is 29.8. The van der Waals surface area contributed by atoms with Gasteiger partial charge in [0.05, 0.1) is 18.8 Å². The van der Waals surface area contributed by atoms with Gasteiger partial charge in [0.25, 0.3) is 0 Å². The average molecular weight is 498 g/mol. The van der Waals surface area contributed by atoms with E-state index in [2.05, 4.69) is 66.7 Å². The maximum Gasteiger partial charge on any atom is 0.157 e. The molecule has 0 bridgehead atoms. The summed E-state index contributed by atoms with van der Waals surface area (Å²) in [7, 11) is 0. The lowest BCUT2D eigenvalue weighted by molar-refractivity contribution is -0.553. The zero-order chi connectivity index (χ0) is 26.2. The summed E-state index contributed by atoms with van der Waals surface area (Å²) in [6.45, 7) is 9.00. The summed E-state index contributed by atoms with van der Waals surface area (Å²) < 4.78 is 6.11. The summed E-state index contributed by atoms with van der Waals surface area (Å²) in [6, 6.07) is 14.9. The molecule has 6 nitrogen and oxygen atoms in total. The van der Waals surface area contributed by atoms with Crippen molar-refractivity contribution in [3.63, 3.8) is 0 Å². The maximum atomic E-state index is 10.8. The molecule has 3 rings (SSSR count). The van der Waals surface area contributed by atoms with Gasteiger partial charge in [-0.15, -0.1) is 5.43 Å². The molecule has 0 amide bonds. The molecular weight excluding hydrogens is 450 g/mol. The molecule has 6 heteroatoms. The maximum absolute atomic E-state index is 10.8. The topological polar surface area (TPSA) is 77.3 Å². The minimum Gasteiger partial charge on any atom is -0.378 e. The normalized spacial score (nSPS) is 19.0. The minimum atomic E-state index is -0.415. The zero-order valence-electron chi connectivity index (χ0n) is 22.8. The van der Waals surface area contributed by atoms with Crippen molar-refractivity contribution < 1.29 is 9.77 Å². The Morgan fingerprint density at radius 3 is 2.39 bits per heavy atom. The Morgan fingerprint density at radius 2 is 1.78 bits per heavy atom. The van der Waals surface area contributed by atoms with Crippen molar-refractivity contribution in [3.05, 3.63) is 75.6 Å². The number of aromatic nitrogens is 1. The van der Waals surface area contributed by atoms with Crippen LogP contribution in [0.2, 0.25) is 0 Å². The fraction of sp³-hybridized carbons (Fsp3) is 0.633. The first-order chi connectivity index (χ1) is 17.4. The fourth-order valence-corrected chi connectivity index (χ4v) is 4.87. The van der Waals surface area contributed by atoms with E-state index in [-0.39, 0.29) is 12.0 Å². The molecule has 2 aromatic rings. The minimum absolute atomic E-state index is 0.115. The summed E-state index contributed by atoms with van der Waals surface area (Å²) in [5.74, 6) is 0.788. The molecule has 1 aromatic heterocycles. The first-order valence-corrected chi connectivity index (χ1v) is 13.9. The number of hydrogen-bond donors (Lipinski definition) is 1. The Morgan fingerprint density at radius 1 is 1.08 bits per heavy atom. The molecule has 36 heavy (non-hydrogen) atoms. The third-order valence-electron chi connectivity index (χ3n) is 7.15. The van der Waals surface area contributed by atoms with Crippen molar-refractivity contribution in [1.29, 1.82) is 0 Å². The molecule has 0 spiro atoms. The van der Waals surface area contributed by atoms with Crippen LogP contribution in [0.5, 0.6) is 0 Å². The number of nitro groups is 1. The predicted molar refractivity (Wildman–Crippen MR) is 148 cm³/mol. The highest BCUT2D eigenvalue weighted by molar-refractivity contribution is 5.20. The van der Waals surface area contributed by atoms with E-state index in [1.807, 2.05) is 20.0 Å². The van der Waals surface area contributed by atoms with Crippen molar-refractivity contribution in [2.75, 3.05) is 6.61 Å². The van der Waals surface area contributed by atoms with Gasteiger partial charge in [0.2, 0.25) is 0 Å². The van der Waals surface area contributed by atoms with Crippen LogP contribution < -0.4 is 5.43 Å². The smallest absolute Gasteiger partial charge is 0.157 e. The van der Waals surface area contributed by atoms with Crippen molar-refractivity contribution in [2.24, 2.45) is 5.92 Å². The molecule has 0 saturated heterocycles. The van der Waals surface area contributed by atoms with E-state index >= 15 is 0 Å². The van der Waals surface area contributed by atoms with Gasteiger partial charge in [-0.05, 0) is 81.0 Å². The SMILES string of the molecule is CCCCC(N[N+](=O)[O-])C(C)COC1CCC(c2ccccc2)CC1.CCCCc1ccnc(C)c1. The van der Waals surface area contributed by atoms with Crippen LogP contribution in [0.3, 0.4) is 0 Å². The van der Waals surface area contributed by atoms with Gasteiger partial charge < -0.3 is 4.74 Å². The van der Waals surface area contributed by atoms with Crippen LogP contribution >= 0.6 is 0 Å². The summed E-state index contributed by atoms with van der Waals surface area (Å²) >= 11 is 0. The van der Waals surface area contributed by atoms with Crippen LogP contribution in [-0.2, 0) is 11.2 Å². The Balaban J connectivity index is 0.000000346. The molecule has 1 heterocycles. The van der Waals surface area contributed by atoms with Crippen LogP contribution in [0.25, 0.3) is 0 Å². The molecule has 1 aliphatic rings. The van der Waals surface area contributed by atoms with E-state index in [0.717, 1.165) is 50.6 Å². The van der Waals surface area contributed by atoms with Gasteiger partial charge in [-0.25, -0.2) is 10.1 Å². The van der Waals surface area contributed by atoms with Crippen LogP contribution in [0.1, 0.15) is 101 Å². The van der Waals surface area contributed by atoms with Gasteiger partial charge in [-0.3, -0.25) is 4.98 Å². The summed E-state index contributed by atoms with van der Waals surface area (Å²) in [5.41, 5.74) is 6.45. The Bertz CT molecular complexity index is 854. The lowest BCUT2D eigenvalue weighted by atomic mass is 9.83.